The minimum Gasteiger partial charge on any atom is -0.508 e. The van der Waals surface area contributed by atoms with Crippen molar-refractivity contribution >= 4 is 5.91 Å². The van der Waals surface area contributed by atoms with Crippen molar-refractivity contribution in [2.45, 2.75) is 13.0 Å². The maximum atomic E-state index is 13.4. The van der Waals surface area contributed by atoms with Crippen LogP contribution in [0.1, 0.15) is 11.1 Å². The Kier molecular flexibility index (Phi) is 4.30. The molecule has 2 aromatic rings. The molecule has 0 aliphatic rings. The number of rotatable bonds is 4. The van der Waals surface area contributed by atoms with Crippen LogP contribution in [0.5, 0.6) is 5.75 Å². The fourth-order valence-corrected chi connectivity index (χ4v) is 1.75. The average molecular weight is 277 g/mol. The smallest absolute Gasteiger partial charge is 0.224 e. The molecule has 0 heterocycles. The van der Waals surface area contributed by atoms with Crippen molar-refractivity contribution in [3.63, 3.8) is 0 Å². The highest BCUT2D eigenvalue weighted by atomic mass is 19.1. The zero-order chi connectivity index (χ0) is 14.5. The van der Waals surface area contributed by atoms with Crippen molar-refractivity contribution in [1.29, 1.82) is 0 Å². The van der Waals surface area contributed by atoms with Crippen LogP contribution in [-0.2, 0) is 17.8 Å². The third kappa shape index (κ3) is 3.54. The molecule has 0 unspecified atom stereocenters. The number of hydrogen-bond donors (Lipinski definition) is 2. The first-order valence-electron chi connectivity index (χ1n) is 6.04. The number of nitrogens with one attached hydrogen (secondary N) is 1. The molecule has 104 valence electrons. The van der Waals surface area contributed by atoms with Crippen molar-refractivity contribution < 1.29 is 18.7 Å². The molecule has 0 saturated heterocycles. The molecule has 0 atom stereocenters. The first kappa shape index (κ1) is 14.0. The minimum atomic E-state index is -0.701. The molecule has 0 spiro atoms. The van der Waals surface area contributed by atoms with Gasteiger partial charge in [-0.05, 0) is 12.1 Å². The Morgan fingerprint density at radius 1 is 1.10 bits per heavy atom. The fourth-order valence-electron chi connectivity index (χ4n) is 1.75. The summed E-state index contributed by atoms with van der Waals surface area (Å²) in [6.07, 6.45) is -0.00448. The fraction of sp³-hybridized carbons (Fsp3) is 0.133. The Bertz CT molecular complexity index is 629. The molecular formula is C15H13F2NO2. The van der Waals surface area contributed by atoms with Gasteiger partial charge in [-0.15, -0.1) is 0 Å². The second-order valence-electron chi connectivity index (χ2n) is 4.32. The zero-order valence-electron chi connectivity index (χ0n) is 10.6. The van der Waals surface area contributed by atoms with E-state index in [2.05, 4.69) is 5.32 Å². The van der Waals surface area contributed by atoms with Crippen LogP contribution in [0.4, 0.5) is 8.78 Å². The van der Waals surface area contributed by atoms with Crippen molar-refractivity contribution in [3.8, 4) is 5.75 Å². The molecule has 2 N–H and O–H groups in total. The van der Waals surface area contributed by atoms with Gasteiger partial charge in [0.05, 0.1) is 6.42 Å². The van der Waals surface area contributed by atoms with E-state index in [0.717, 1.165) is 12.1 Å². The summed E-state index contributed by atoms with van der Waals surface area (Å²) < 4.78 is 26.1. The van der Waals surface area contributed by atoms with Gasteiger partial charge in [-0.25, -0.2) is 8.78 Å². The van der Waals surface area contributed by atoms with E-state index < -0.39 is 11.6 Å². The monoisotopic (exact) mass is 277 g/mol. The Morgan fingerprint density at radius 2 is 1.85 bits per heavy atom. The number of carbonyl (C=O) groups excluding carboxylic acids is 1. The van der Waals surface area contributed by atoms with Gasteiger partial charge in [-0.1, -0.05) is 24.3 Å². The summed E-state index contributed by atoms with van der Waals surface area (Å²) >= 11 is 0. The van der Waals surface area contributed by atoms with Gasteiger partial charge in [0.15, 0.2) is 0 Å². The quantitative estimate of drug-likeness (QED) is 0.902. The first-order valence-corrected chi connectivity index (χ1v) is 6.04. The van der Waals surface area contributed by atoms with E-state index in [1.807, 2.05) is 0 Å². The molecule has 0 bridgehead atoms. The van der Waals surface area contributed by atoms with Gasteiger partial charge in [-0.3, -0.25) is 4.79 Å². The van der Waals surface area contributed by atoms with Crippen LogP contribution in [0.3, 0.4) is 0 Å². The average Bonchev–Trinajstić information content (AvgIpc) is 2.40. The summed E-state index contributed by atoms with van der Waals surface area (Å²) in [5, 5.41) is 12.1. The molecule has 0 aromatic heterocycles. The van der Waals surface area contributed by atoms with E-state index in [1.54, 1.807) is 18.2 Å². The Hall–Kier alpha value is -2.43. The highest BCUT2D eigenvalue weighted by molar-refractivity contribution is 5.79. The number of amides is 1. The van der Waals surface area contributed by atoms with Gasteiger partial charge in [-0.2, -0.15) is 0 Å². The number of aromatic hydroxyl groups is 1. The highest BCUT2D eigenvalue weighted by Gasteiger charge is 2.09. The third-order valence-electron chi connectivity index (χ3n) is 2.83. The van der Waals surface area contributed by atoms with Gasteiger partial charge < -0.3 is 10.4 Å². The molecule has 0 fully saturated rings. The van der Waals surface area contributed by atoms with Crippen LogP contribution in [-0.4, -0.2) is 11.0 Å². The lowest BCUT2D eigenvalue weighted by molar-refractivity contribution is -0.120. The topological polar surface area (TPSA) is 49.3 Å². The number of halogens is 2. The van der Waals surface area contributed by atoms with Crippen LogP contribution < -0.4 is 5.32 Å². The van der Waals surface area contributed by atoms with Gasteiger partial charge in [0.1, 0.15) is 17.4 Å². The SMILES string of the molecule is O=C(Cc1ccccc1O)NCc1ccc(F)cc1F. The maximum absolute atomic E-state index is 13.4. The summed E-state index contributed by atoms with van der Waals surface area (Å²) in [4.78, 5) is 11.7. The lowest BCUT2D eigenvalue weighted by atomic mass is 10.1. The number of hydrogen-bond acceptors (Lipinski definition) is 2. The number of phenolic OH excluding ortho intramolecular Hbond substituents is 1. The van der Waals surface area contributed by atoms with E-state index in [4.69, 9.17) is 0 Å². The number of para-hydroxylation sites is 1. The molecule has 0 radical (unpaired) electrons. The second kappa shape index (κ2) is 6.14. The van der Waals surface area contributed by atoms with Gasteiger partial charge in [0, 0.05) is 23.7 Å². The van der Waals surface area contributed by atoms with Crippen LogP contribution in [0, 0.1) is 11.6 Å². The molecule has 0 saturated carbocycles. The third-order valence-corrected chi connectivity index (χ3v) is 2.83. The van der Waals surface area contributed by atoms with Crippen LogP contribution in [0.2, 0.25) is 0 Å². The Balaban J connectivity index is 1.94. The summed E-state index contributed by atoms with van der Waals surface area (Å²) in [6, 6.07) is 9.67. The van der Waals surface area contributed by atoms with E-state index in [0.29, 0.717) is 5.56 Å². The number of carbonyl (C=O) groups is 1. The molecule has 5 heteroatoms. The molecule has 2 rings (SSSR count). The molecule has 1 amide bonds. The minimum absolute atomic E-state index is 0.00448. The standard InChI is InChI=1S/C15H13F2NO2/c16-12-6-5-11(13(17)8-12)9-18-15(20)7-10-3-1-2-4-14(10)19/h1-6,8,19H,7,9H2,(H,18,20). The predicted octanol–water partition coefficient (Wildman–Crippen LogP) is 2.53. The van der Waals surface area contributed by atoms with Crippen molar-refractivity contribution in [2.75, 3.05) is 0 Å². The molecular weight excluding hydrogens is 264 g/mol. The highest BCUT2D eigenvalue weighted by Crippen LogP contribution is 2.16. The summed E-state index contributed by atoms with van der Waals surface area (Å²) in [5.41, 5.74) is 0.696. The maximum Gasteiger partial charge on any atom is 0.224 e. The Labute approximate surface area is 114 Å². The number of benzene rings is 2. The van der Waals surface area contributed by atoms with E-state index in [9.17, 15) is 18.7 Å². The van der Waals surface area contributed by atoms with E-state index in [-0.39, 0.29) is 30.2 Å². The largest absolute Gasteiger partial charge is 0.508 e. The molecule has 0 aliphatic carbocycles. The second-order valence-corrected chi connectivity index (χ2v) is 4.32. The van der Waals surface area contributed by atoms with Crippen LogP contribution >= 0.6 is 0 Å². The van der Waals surface area contributed by atoms with Gasteiger partial charge in [0.25, 0.3) is 0 Å². The van der Waals surface area contributed by atoms with Crippen molar-refractivity contribution in [3.05, 3.63) is 65.2 Å². The number of phenols is 1. The Morgan fingerprint density at radius 3 is 2.55 bits per heavy atom. The van der Waals surface area contributed by atoms with E-state index in [1.165, 1.54) is 12.1 Å². The normalized spacial score (nSPS) is 10.3. The summed E-state index contributed by atoms with van der Waals surface area (Å²) in [7, 11) is 0. The molecule has 0 aliphatic heterocycles. The van der Waals surface area contributed by atoms with Crippen LogP contribution in [0.25, 0.3) is 0 Å². The van der Waals surface area contributed by atoms with Gasteiger partial charge >= 0.3 is 0 Å². The van der Waals surface area contributed by atoms with Gasteiger partial charge in [0.2, 0.25) is 5.91 Å². The molecule has 2 aromatic carbocycles. The summed E-state index contributed by atoms with van der Waals surface area (Å²) in [6.45, 7) is -0.0292. The summed E-state index contributed by atoms with van der Waals surface area (Å²) in [5.74, 6) is -1.68. The van der Waals surface area contributed by atoms with Crippen molar-refractivity contribution in [2.24, 2.45) is 0 Å². The van der Waals surface area contributed by atoms with Crippen LogP contribution in [0.15, 0.2) is 42.5 Å². The lowest BCUT2D eigenvalue weighted by Crippen LogP contribution is -2.25. The first-order chi connectivity index (χ1) is 9.56. The molecule has 3 nitrogen and oxygen atoms in total. The zero-order valence-corrected chi connectivity index (χ0v) is 10.6. The molecule has 20 heavy (non-hydrogen) atoms. The van der Waals surface area contributed by atoms with E-state index >= 15 is 0 Å². The van der Waals surface area contributed by atoms with Crippen molar-refractivity contribution in [1.82, 2.24) is 5.32 Å². The lowest BCUT2D eigenvalue weighted by Gasteiger charge is -2.07. The predicted molar refractivity (Wildman–Crippen MR) is 70.0 cm³/mol.